The lowest BCUT2D eigenvalue weighted by Gasteiger charge is -2.32. The molecule has 0 bridgehead atoms. The minimum absolute atomic E-state index is 0.0698. The fourth-order valence-electron chi connectivity index (χ4n) is 8.73. The number of aryl methyl sites for hydroxylation is 2. The summed E-state index contributed by atoms with van der Waals surface area (Å²) in [7, 11) is 1.75. The Hall–Kier alpha value is -5.67. The number of fused-ring (bicyclic) bond motifs is 1. The molecule has 61 heavy (non-hydrogen) atoms. The van der Waals surface area contributed by atoms with Gasteiger partial charge in [-0.2, -0.15) is 0 Å². The molecular formula is C49H54ClN7O4. The van der Waals surface area contributed by atoms with E-state index in [4.69, 9.17) is 22.1 Å². The van der Waals surface area contributed by atoms with E-state index in [1.165, 1.54) is 11.1 Å². The van der Waals surface area contributed by atoms with Crippen LogP contribution >= 0.6 is 11.6 Å². The number of H-pyrrole nitrogens is 1. The highest BCUT2D eigenvalue weighted by atomic mass is 35.5. The number of hydrogen-bond acceptors (Lipinski definition) is 8. The molecule has 0 radical (unpaired) electrons. The van der Waals surface area contributed by atoms with E-state index >= 15 is 0 Å². The number of halogens is 1. The first-order chi connectivity index (χ1) is 29.4. The van der Waals surface area contributed by atoms with E-state index in [1.807, 2.05) is 42.6 Å². The molecule has 11 nitrogen and oxygen atoms in total. The number of hydrogen-bond donors (Lipinski definition) is 4. The SMILES string of the molecule is Cn1cc(-c2cc(C(C)(C)O)ccc2Cc2ccc(CCC3CCN(c4ccc(C(=O)NC5CCC(Oc6ccc(CN)c(Cl)c6)CC5)nn4)CC3)cc2)c2c#c[nH]c2c1=O. The van der Waals surface area contributed by atoms with Gasteiger partial charge in [0.1, 0.15) is 11.3 Å². The summed E-state index contributed by atoms with van der Waals surface area (Å²) in [6, 6.07) is 27.5. The summed E-state index contributed by atoms with van der Waals surface area (Å²) in [5, 5.41) is 24.1. The van der Waals surface area contributed by atoms with E-state index in [0.717, 1.165) is 104 Å². The molecule has 3 aromatic carbocycles. The summed E-state index contributed by atoms with van der Waals surface area (Å²) in [4.78, 5) is 31.1. The van der Waals surface area contributed by atoms with Gasteiger partial charge in [-0.3, -0.25) is 9.59 Å². The molecule has 0 unspecified atom stereocenters. The molecular weight excluding hydrogens is 786 g/mol. The zero-order chi connectivity index (χ0) is 42.7. The van der Waals surface area contributed by atoms with E-state index < -0.39 is 5.60 Å². The summed E-state index contributed by atoms with van der Waals surface area (Å²) in [5.74, 6) is 1.99. The Morgan fingerprint density at radius 2 is 1.69 bits per heavy atom. The Kier molecular flexibility index (Phi) is 12.5. The first-order valence-corrected chi connectivity index (χ1v) is 21.8. The number of aromatic nitrogens is 4. The third kappa shape index (κ3) is 9.78. The lowest BCUT2D eigenvalue weighted by atomic mass is 9.88. The molecule has 5 N–H and O–H groups in total. The Morgan fingerprint density at radius 3 is 2.38 bits per heavy atom. The number of carbonyl (C=O) groups is 1. The van der Waals surface area contributed by atoms with Crippen molar-refractivity contribution in [1.82, 2.24) is 25.1 Å². The van der Waals surface area contributed by atoms with E-state index in [2.05, 4.69) is 68.0 Å². The van der Waals surface area contributed by atoms with Gasteiger partial charge >= 0.3 is 0 Å². The van der Waals surface area contributed by atoms with Crippen molar-refractivity contribution < 1.29 is 14.6 Å². The van der Waals surface area contributed by atoms with Gasteiger partial charge in [0.25, 0.3) is 11.5 Å². The molecule has 6 aromatic rings. The number of aromatic amines is 1. The molecule has 2 fully saturated rings. The van der Waals surface area contributed by atoms with Crippen LogP contribution in [-0.2, 0) is 32.0 Å². The predicted molar refractivity (Wildman–Crippen MR) is 240 cm³/mol. The van der Waals surface area contributed by atoms with Crippen molar-refractivity contribution in [2.75, 3.05) is 18.0 Å². The first-order valence-electron chi connectivity index (χ1n) is 21.4. The maximum absolute atomic E-state index is 13.1. The van der Waals surface area contributed by atoms with Crippen LogP contribution in [0.5, 0.6) is 5.75 Å². The number of anilines is 1. The number of amides is 1. The first kappa shape index (κ1) is 42.0. The summed E-state index contributed by atoms with van der Waals surface area (Å²) >= 11 is 6.30. The monoisotopic (exact) mass is 839 g/mol. The van der Waals surface area contributed by atoms with E-state index in [-0.39, 0.29) is 23.6 Å². The van der Waals surface area contributed by atoms with Crippen LogP contribution in [0.1, 0.15) is 97.1 Å². The molecule has 1 amide bonds. The van der Waals surface area contributed by atoms with Crippen molar-refractivity contribution in [2.24, 2.45) is 18.7 Å². The van der Waals surface area contributed by atoms with Crippen LogP contribution in [0, 0.1) is 18.2 Å². The second-order valence-corrected chi connectivity index (χ2v) is 17.7. The second kappa shape index (κ2) is 18.1. The minimum atomic E-state index is -1.02. The maximum Gasteiger partial charge on any atom is 0.275 e. The van der Waals surface area contributed by atoms with Crippen molar-refractivity contribution in [3.8, 4) is 16.9 Å². The average Bonchev–Trinajstić information content (AvgIpc) is 3.76. The second-order valence-electron chi connectivity index (χ2n) is 17.3. The van der Waals surface area contributed by atoms with Crippen LogP contribution in [0.2, 0.25) is 5.02 Å². The number of aliphatic hydroxyl groups is 1. The summed E-state index contributed by atoms with van der Waals surface area (Å²) in [5.41, 5.74) is 12.5. The molecule has 8 rings (SSSR count). The van der Waals surface area contributed by atoms with Gasteiger partial charge in [0, 0.05) is 55.7 Å². The smallest absolute Gasteiger partial charge is 0.275 e. The van der Waals surface area contributed by atoms with Crippen molar-refractivity contribution >= 4 is 34.2 Å². The summed E-state index contributed by atoms with van der Waals surface area (Å²) < 4.78 is 7.74. The Bertz CT molecular complexity index is 2530. The van der Waals surface area contributed by atoms with Gasteiger partial charge in [-0.15, -0.1) is 10.2 Å². The van der Waals surface area contributed by atoms with Crippen molar-refractivity contribution in [2.45, 2.75) is 95.9 Å². The van der Waals surface area contributed by atoms with Crippen LogP contribution in [-0.4, -0.2) is 56.0 Å². The number of nitrogens with zero attached hydrogens (tertiary/aromatic N) is 4. The standard InChI is InChI=1S/C49H54ClN7O4/c1-49(2,60)36-12-10-34(41(27-36)42-30-56(3)48(59)46-40(42)20-23-52-46)26-33-8-6-31(7-9-33)4-5-32-21-24-57(25-22-32)45-19-18-44(54-55-45)47(58)53-37-13-16-38(17-14-37)61-39-15-11-35(29-51)43(50)28-39/h6-12,15,18-19,27-28,30,32,37-38,52,60H,4-5,13-14,16-17,21-22,24-26,29,51H2,1-3H3,(H,53,58). The molecule has 2 aliphatic rings. The molecule has 0 atom stereocenters. The van der Waals surface area contributed by atoms with E-state index in [9.17, 15) is 14.7 Å². The number of nitrogens with two attached hydrogens (primary N) is 1. The number of carbonyl (C=O) groups excluding carboxylic acids is 1. The predicted octanol–water partition coefficient (Wildman–Crippen LogP) is 7.82. The molecule has 12 heteroatoms. The number of ether oxygens (including phenoxy) is 1. The quantitative estimate of drug-likeness (QED) is 0.0920. The molecule has 4 heterocycles. The fourth-order valence-corrected chi connectivity index (χ4v) is 8.97. The van der Waals surface area contributed by atoms with Crippen LogP contribution in [0.4, 0.5) is 5.82 Å². The number of piperidine rings is 1. The fraction of sp³-hybridized carbons (Fsp3) is 0.388. The maximum atomic E-state index is 13.1. The summed E-state index contributed by atoms with van der Waals surface area (Å²) in [6.45, 7) is 5.78. The zero-order valence-corrected chi connectivity index (χ0v) is 35.9. The largest absolute Gasteiger partial charge is 0.490 e. The number of rotatable bonds is 13. The normalized spacial score (nSPS) is 17.3. The molecule has 1 aliphatic heterocycles. The van der Waals surface area contributed by atoms with Crippen LogP contribution in [0.3, 0.4) is 0 Å². The van der Waals surface area contributed by atoms with Gasteiger partial charge in [0.15, 0.2) is 11.5 Å². The van der Waals surface area contributed by atoms with Gasteiger partial charge in [-0.25, -0.2) is 0 Å². The Labute approximate surface area is 362 Å². The van der Waals surface area contributed by atoms with Gasteiger partial charge in [0.05, 0.1) is 17.1 Å². The van der Waals surface area contributed by atoms with Crippen LogP contribution in [0.25, 0.3) is 22.0 Å². The molecule has 1 saturated carbocycles. The molecule has 1 saturated heterocycles. The van der Waals surface area contributed by atoms with Gasteiger partial charge < -0.3 is 35.3 Å². The number of benzene rings is 3. The van der Waals surface area contributed by atoms with Gasteiger partial charge in [0.2, 0.25) is 0 Å². The third-order valence-corrected chi connectivity index (χ3v) is 12.8. The Morgan fingerprint density at radius 1 is 0.951 bits per heavy atom. The lowest BCUT2D eigenvalue weighted by Crippen LogP contribution is -2.40. The van der Waals surface area contributed by atoms with Crippen molar-refractivity contribution in [3.05, 3.63) is 140 Å². The highest BCUT2D eigenvalue weighted by molar-refractivity contribution is 6.31. The number of nitrogens with one attached hydrogen (secondary N) is 2. The summed E-state index contributed by atoms with van der Waals surface area (Å²) in [6.07, 6.45) is 13.1. The molecule has 316 valence electrons. The minimum Gasteiger partial charge on any atom is -0.490 e. The lowest BCUT2D eigenvalue weighted by molar-refractivity contribution is 0.0786. The van der Waals surface area contributed by atoms with Crippen molar-refractivity contribution in [3.63, 3.8) is 0 Å². The van der Waals surface area contributed by atoms with Crippen LogP contribution < -0.4 is 26.2 Å². The third-order valence-electron chi connectivity index (χ3n) is 12.5. The molecule has 1 aliphatic carbocycles. The zero-order valence-electron chi connectivity index (χ0n) is 35.1. The van der Waals surface area contributed by atoms with E-state index in [1.54, 1.807) is 31.5 Å². The highest BCUT2D eigenvalue weighted by Crippen LogP contribution is 2.34. The Balaban J connectivity index is 0.800. The molecule has 0 spiro atoms. The highest BCUT2D eigenvalue weighted by Gasteiger charge is 2.26. The van der Waals surface area contributed by atoms with Crippen molar-refractivity contribution in [1.29, 1.82) is 0 Å². The van der Waals surface area contributed by atoms with Crippen LogP contribution in [0.15, 0.2) is 83.8 Å². The molecule has 3 aromatic heterocycles. The van der Waals surface area contributed by atoms with E-state index in [0.29, 0.717) is 40.5 Å². The number of pyridine rings is 1. The topological polar surface area (TPSA) is 151 Å². The van der Waals surface area contributed by atoms with Gasteiger partial charge in [-0.05, 0) is 147 Å². The average molecular weight is 840 g/mol. The van der Waals surface area contributed by atoms with Gasteiger partial charge in [-0.1, -0.05) is 54.1 Å².